The lowest BCUT2D eigenvalue weighted by Gasteiger charge is -1.93. The van der Waals surface area contributed by atoms with Gasteiger partial charge in [-0.15, -0.1) is 0 Å². The monoisotopic (exact) mass is 162 g/mol. The van der Waals surface area contributed by atoms with E-state index in [4.69, 9.17) is 9.90 Å². The molecule has 0 amide bonds. The van der Waals surface area contributed by atoms with Crippen LogP contribution in [-0.4, -0.2) is 23.7 Å². The second-order valence-electron chi connectivity index (χ2n) is 1.86. The Morgan fingerprint density at radius 1 is 1.36 bits per heavy atom. The van der Waals surface area contributed by atoms with E-state index in [2.05, 4.69) is 4.74 Å². The maximum absolute atomic E-state index is 9.98. The SMILES string of the molecule is CC(=O)O.CCCOC(C)=O. The van der Waals surface area contributed by atoms with Crippen LogP contribution in [-0.2, 0) is 14.3 Å². The van der Waals surface area contributed by atoms with Gasteiger partial charge in [-0.3, -0.25) is 9.59 Å². The highest BCUT2D eigenvalue weighted by Gasteiger charge is 1.85. The molecule has 0 aliphatic heterocycles. The first-order valence-corrected chi connectivity index (χ1v) is 3.33. The molecule has 66 valence electrons. The Labute approximate surface area is 66.2 Å². The number of esters is 1. The van der Waals surface area contributed by atoms with Crippen molar-refractivity contribution in [3.8, 4) is 0 Å². The van der Waals surface area contributed by atoms with Crippen LogP contribution < -0.4 is 0 Å². The predicted molar refractivity (Wildman–Crippen MR) is 40.2 cm³/mol. The van der Waals surface area contributed by atoms with Crippen LogP contribution in [0.5, 0.6) is 0 Å². The molecule has 0 unspecified atom stereocenters. The third-order valence-electron chi connectivity index (χ3n) is 0.509. The summed E-state index contributed by atoms with van der Waals surface area (Å²) >= 11 is 0. The fourth-order valence-corrected chi connectivity index (χ4v) is 0.246. The summed E-state index contributed by atoms with van der Waals surface area (Å²) in [4.78, 5) is 19.0. The topological polar surface area (TPSA) is 63.6 Å². The maximum Gasteiger partial charge on any atom is 0.302 e. The number of hydrogen-bond donors (Lipinski definition) is 1. The zero-order valence-corrected chi connectivity index (χ0v) is 7.09. The number of ether oxygens (including phenoxy) is 1. The summed E-state index contributed by atoms with van der Waals surface area (Å²) < 4.78 is 4.55. The third kappa shape index (κ3) is 49.8. The van der Waals surface area contributed by atoms with Gasteiger partial charge in [0, 0.05) is 13.8 Å². The van der Waals surface area contributed by atoms with Gasteiger partial charge in [-0.2, -0.15) is 0 Å². The smallest absolute Gasteiger partial charge is 0.302 e. The molecule has 0 radical (unpaired) electrons. The number of carboxylic acids is 1. The van der Waals surface area contributed by atoms with Crippen molar-refractivity contribution < 1.29 is 19.4 Å². The van der Waals surface area contributed by atoms with Crippen molar-refractivity contribution in [3.05, 3.63) is 0 Å². The van der Waals surface area contributed by atoms with E-state index < -0.39 is 5.97 Å². The van der Waals surface area contributed by atoms with E-state index >= 15 is 0 Å². The lowest BCUT2D eigenvalue weighted by molar-refractivity contribution is -0.141. The van der Waals surface area contributed by atoms with Gasteiger partial charge in [0.1, 0.15) is 0 Å². The highest BCUT2D eigenvalue weighted by molar-refractivity contribution is 5.65. The molecule has 11 heavy (non-hydrogen) atoms. The molecule has 0 aromatic heterocycles. The molecular formula is C7H14O4. The number of rotatable bonds is 2. The molecule has 0 aliphatic rings. The van der Waals surface area contributed by atoms with Crippen LogP contribution in [0, 0.1) is 0 Å². The normalized spacial score (nSPS) is 7.55. The Morgan fingerprint density at radius 2 is 1.73 bits per heavy atom. The first-order valence-electron chi connectivity index (χ1n) is 3.33. The number of carboxylic acid groups (broad SMARTS) is 1. The molecule has 4 nitrogen and oxygen atoms in total. The molecule has 0 atom stereocenters. The summed E-state index contributed by atoms with van der Waals surface area (Å²) in [6.07, 6.45) is 0.902. The number of aliphatic carboxylic acids is 1. The molecule has 0 aliphatic carbocycles. The van der Waals surface area contributed by atoms with Crippen molar-refractivity contribution in [3.63, 3.8) is 0 Å². The number of carbonyl (C=O) groups excluding carboxylic acids is 1. The van der Waals surface area contributed by atoms with E-state index in [1.807, 2.05) is 6.92 Å². The second kappa shape index (κ2) is 8.94. The van der Waals surface area contributed by atoms with Crippen molar-refractivity contribution in [1.29, 1.82) is 0 Å². The van der Waals surface area contributed by atoms with E-state index in [0.29, 0.717) is 6.61 Å². The molecule has 0 heterocycles. The van der Waals surface area contributed by atoms with Crippen molar-refractivity contribution in [1.82, 2.24) is 0 Å². The van der Waals surface area contributed by atoms with Gasteiger partial charge >= 0.3 is 5.97 Å². The Bertz CT molecular complexity index is 116. The third-order valence-corrected chi connectivity index (χ3v) is 0.509. The van der Waals surface area contributed by atoms with Crippen LogP contribution in [0.2, 0.25) is 0 Å². The molecule has 0 rings (SSSR count). The van der Waals surface area contributed by atoms with E-state index in [9.17, 15) is 4.79 Å². The average Bonchev–Trinajstić information content (AvgIpc) is 1.82. The Kier molecular flexibility index (Phi) is 10.2. The fourth-order valence-electron chi connectivity index (χ4n) is 0.246. The minimum Gasteiger partial charge on any atom is -0.481 e. The molecule has 1 N–H and O–H groups in total. The molecular weight excluding hydrogens is 148 g/mol. The van der Waals surface area contributed by atoms with Gasteiger partial charge in [0.25, 0.3) is 5.97 Å². The number of carbonyl (C=O) groups is 2. The Balaban J connectivity index is 0. The van der Waals surface area contributed by atoms with Gasteiger partial charge in [0.15, 0.2) is 0 Å². The first-order chi connectivity index (χ1) is 5.00. The van der Waals surface area contributed by atoms with E-state index in [1.165, 1.54) is 6.92 Å². The summed E-state index contributed by atoms with van der Waals surface area (Å²) in [5.74, 6) is -1.03. The van der Waals surface area contributed by atoms with Gasteiger partial charge in [-0.05, 0) is 6.42 Å². The van der Waals surface area contributed by atoms with Crippen LogP contribution in [0.1, 0.15) is 27.2 Å². The van der Waals surface area contributed by atoms with E-state index in [0.717, 1.165) is 13.3 Å². The van der Waals surface area contributed by atoms with Gasteiger partial charge in [-0.25, -0.2) is 0 Å². The second-order valence-corrected chi connectivity index (χ2v) is 1.86. The van der Waals surface area contributed by atoms with Crippen molar-refractivity contribution in [2.45, 2.75) is 27.2 Å². The zero-order valence-electron chi connectivity index (χ0n) is 7.09. The highest BCUT2D eigenvalue weighted by atomic mass is 16.5. The lowest BCUT2D eigenvalue weighted by Crippen LogP contribution is -1.98. The molecule has 0 spiro atoms. The van der Waals surface area contributed by atoms with Crippen molar-refractivity contribution >= 4 is 11.9 Å². The molecule has 0 saturated heterocycles. The Morgan fingerprint density at radius 3 is 1.82 bits per heavy atom. The van der Waals surface area contributed by atoms with E-state index in [1.54, 1.807) is 0 Å². The summed E-state index contributed by atoms with van der Waals surface area (Å²) in [6.45, 7) is 5.01. The first kappa shape index (κ1) is 12.6. The molecule has 0 bridgehead atoms. The summed E-state index contributed by atoms with van der Waals surface area (Å²) in [7, 11) is 0. The largest absolute Gasteiger partial charge is 0.481 e. The molecule has 4 heteroatoms. The van der Waals surface area contributed by atoms with Gasteiger partial charge < -0.3 is 9.84 Å². The molecule has 0 aromatic carbocycles. The van der Waals surface area contributed by atoms with Gasteiger partial charge in [-0.1, -0.05) is 6.92 Å². The summed E-state index contributed by atoms with van der Waals surface area (Å²) in [5, 5.41) is 7.42. The van der Waals surface area contributed by atoms with Gasteiger partial charge in [0.2, 0.25) is 0 Å². The van der Waals surface area contributed by atoms with Crippen LogP contribution in [0.25, 0.3) is 0 Å². The quantitative estimate of drug-likeness (QED) is 0.616. The number of hydrogen-bond acceptors (Lipinski definition) is 3. The Hall–Kier alpha value is -1.06. The van der Waals surface area contributed by atoms with Crippen molar-refractivity contribution in [2.75, 3.05) is 6.61 Å². The minimum atomic E-state index is -0.833. The average molecular weight is 162 g/mol. The summed E-state index contributed by atoms with van der Waals surface area (Å²) in [6, 6.07) is 0. The van der Waals surface area contributed by atoms with Crippen LogP contribution in [0.4, 0.5) is 0 Å². The molecule has 0 fully saturated rings. The minimum absolute atomic E-state index is 0.193. The van der Waals surface area contributed by atoms with Crippen LogP contribution in [0.3, 0.4) is 0 Å². The predicted octanol–water partition coefficient (Wildman–Crippen LogP) is 1.05. The fraction of sp³-hybridized carbons (Fsp3) is 0.714. The maximum atomic E-state index is 9.98. The highest BCUT2D eigenvalue weighted by Crippen LogP contribution is 1.78. The standard InChI is InChI=1S/C5H10O2.C2H4O2/c1-3-4-7-5(2)6;1-2(3)4/h3-4H2,1-2H3;1H3,(H,3,4). The van der Waals surface area contributed by atoms with Gasteiger partial charge in [0.05, 0.1) is 6.61 Å². The van der Waals surface area contributed by atoms with Crippen molar-refractivity contribution in [2.24, 2.45) is 0 Å². The van der Waals surface area contributed by atoms with E-state index in [-0.39, 0.29) is 5.97 Å². The van der Waals surface area contributed by atoms with Crippen LogP contribution >= 0.6 is 0 Å². The molecule has 0 aromatic rings. The zero-order chi connectivity index (χ0) is 9.28. The molecule has 0 saturated carbocycles. The van der Waals surface area contributed by atoms with Crippen LogP contribution in [0.15, 0.2) is 0 Å². The summed E-state index contributed by atoms with van der Waals surface area (Å²) in [5.41, 5.74) is 0. The lowest BCUT2D eigenvalue weighted by atomic mass is 10.5.